The summed E-state index contributed by atoms with van der Waals surface area (Å²) in [5.74, 6) is -0.184. The van der Waals surface area contributed by atoms with Gasteiger partial charge in [-0.3, -0.25) is 4.79 Å². The van der Waals surface area contributed by atoms with Crippen LogP contribution in [0.5, 0.6) is 0 Å². The standard InChI is InChI=1S/C27H28F3N7OS/c1-31-11-16-3-2-10-36(13-16)24-20(34-25(38)21-15-39-26(35-21)17-8-9-32-33-12-17)6-7-22-23(24)19(27(28,29)30)14-37(22)18-4-5-18/h6-9,12,14-16,18,31H,2-5,10-11,13H2,1H3,(H,34,38). The first-order chi connectivity index (χ1) is 18.8. The van der Waals surface area contributed by atoms with E-state index in [1.165, 1.54) is 17.5 Å². The Balaban J connectivity index is 1.43. The molecule has 1 unspecified atom stereocenters. The first-order valence-electron chi connectivity index (χ1n) is 13.0. The van der Waals surface area contributed by atoms with Crippen LogP contribution in [0.15, 0.2) is 42.2 Å². The van der Waals surface area contributed by atoms with Crippen molar-refractivity contribution in [2.45, 2.75) is 37.9 Å². The molecule has 1 saturated carbocycles. The fraction of sp³-hybridized carbons (Fsp3) is 0.407. The second kappa shape index (κ2) is 10.2. The van der Waals surface area contributed by atoms with Crippen LogP contribution in [0.25, 0.3) is 21.5 Å². The van der Waals surface area contributed by atoms with Gasteiger partial charge in [0.1, 0.15) is 10.7 Å². The number of carbonyl (C=O) groups excluding carboxylic acids is 1. The number of thiazole rings is 1. The summed E-state index contributed by atoms with van der Waals surface area (Å²) in [5, 5.41) is 16.1. The van der Waals surface area contributed by atoms with E-state index in [4.69, 9.17) is 0 Å². The first-order valence-corrected chi connectivity index (χ1v) is 13.9. The number of rotatable bonds is 7. The summed E-state index contributed by atoms with van der Waals surface area (Å²) in [6, 6.07) is 5.26. The normalized spacial score (nSPS) is 18.1. The molecule has 204 valence electrons. The molecule has 1 atom stereocenters. The van der Waals surface area contributed by atoms with E-state index in [0.29, 0.717) is 35.0 Å². The molecule has 12 heteroatoms. The van der Waals surface area contributed by atoms with E-state index in [2.05, 4.69) is 25.8 Å². The van der Waals surface area contributed by atoms with Gasteiger partial charge < -0.3 is 20.1 Å². The Labute approximate surface area is 227 Å². The van der Waals surface area contributed by atoms with Gasteiger partial charge in [0.25, 0.3) is 5.91 Å². The first kappa shape index (κ1) is 25.8. The van der Waals surface area contributed by atoms with Crippen molar-refractivity contribution in [3.63, 3.8) is 0 Å². The van der Waals surface area contributed by atoms with Crippen LogP contribution >= 0.6 is 11.3 Å². The maximum atomic E-state index is 14.4. The number of aromatic nitrogens is 4. The van der Waals surface area contributed by atoms with Gasteiger partial charge >= 0.3 is 6.18 Å². The average Bonchev–Trinajstić information content (AvgIpc) is 3.49. The lowest BCUT2D eigenvalue weighted by atomic mass is 9.96. The third-order valence-electron chi connectivity index (χ3n) is 7.36. The van der Waals surface area contributed by atoms with Crippen LogP contribution in [0, 0.1) is 5.92 Å². The average molecular weight is 556 g/mol. The van der Waals surface area contributed by atoms with Crippen molar-refractivity contribution < 1.29 is 18.0 Å². The van der Waals surface area contributed by atoms with E-state index >= 15 is 0 Å². The molecule has 1 aliphatic heterocycles. The molecule has 2 fully saturated rings. The number of hydrogen-bond donors (Lipinski definition) is 2. The van der Waals surface area contributed by atoms with Crippen LogP contribution in [-0.4, -0.2) is 52.3 Å². The van der Waals surface area contributed by atoms with E-state index < -0.39 is 17.6 Å². The summed E-state index contributed by atoms with van der Waals surface area (Å²) in [5.41, 5.74) is 1.61. The van der Waals surface area contributed by atoms with Crippen LogP contribution in [0.4, 0.5) is 24.5 Å². The molecule has 1 saturated heterocycles. The van der Waals surface area contributed by atoms with Crippen molar-refractivity contribution in [2.24, 2.45) is 5.92 Å². The largest absolute Gasteiger partial charge is 0.418 e. The second-order valence-electron chi connectivity index (χ2n) is 10.2. The van der Waals surface area contributed by atoms with Gasteiger partial charge in [-0.25, -0.2) is 4.98 Å². The van der Waals surface area contributed by atoms with E-state index in [9.17, 15) is 18.0 Å². The lowest BCUT2D eigenvalue weighted by Gasteiger charge is -2.36. The molecule has 1 aliphatic carbocycles. The third-order valence-corrected chi connectivity index (χ3v) is 8.25. The van der Waals surface area contributed by atoms with Gasteiger partial charge in [0, 0.05) is 41.7 Å². The number of carbonyl (C=O) groups is 1. The summed E-state index contributed by atoms with van der Waals surface area (Å²) in [6.45, 7) is 1.99. The van der Waals surface area contributed by atoms with Crippen LogP contribution in [-0.2, 0) is 6.18 Å². The number of benzene rings is 1. The number of halogens is 3. The Bertz CT molecular complexity index is 1490. The van der Waals surface area contributed by atoms with Gasteiger partial charge in [-0.1, -0.05) is 0 Å². The van der Waals surface area contributed by atoms with Crippen molar-refractivity contribution in [2.75, 3.05) is 36.9 Å². The SMILES string of the molecule is CNCC1CCCN(c2c(NC(=O)c3csc(-c4ccnnc4)n3)ccc3c2c(C(F)(F)F)cn3C2CC2)C1. The number of anilines is 2. The van der Waals surface area contributed by atoms with E-state index in [-0.39, 0.29) is 23.0 Å². The van der Waals surface area contributed by atoms with Crippen LogP contribution in [0.2, 0.25) is 0 Å². The molecule has 1 amide bonds. The number of piperidine rings is 1. The Hall–Kier alpha value is -3.51. The van der Waals surface area contributed by atoms with E-state index in [1.807, 2.05) is 11.9 Å². The van der Waals surface area contributed by atoms with Gasteiger partial charge in [0.05, 0.1) is 34.8 Å². The van der Waals surface area contributed by atoms with Gasteiger partial charge in [-0.05, 0) is 63.4 Å². The number of alkyl halides is 3. The van der Waals surface area contributed by atoms with Gasteiger partial charge in [-0.15, -0.1) is 11.3 Å². The monoisotopic (exact) mass is 555 g/mol. The zero-order valence-electron chi connectivity index (χ0n) is 21.3. The fourth-order valence-corrected chi connectivity index (χ4v) is 6.26. The van der Waals surface area contributed by atoms with Gasteiger partial charge in [0.2, 0.25) is 0 Å². The zero-order valence-corrected chi connectivity index (χ0v) is 22.1. The second-order valence-corrected chi connectivity index (χ2v) is 11.0. The Kier molecular flexibility index (Phi) is 6.76. The predicted molar refractivity (Wildman–Crippen MR) is 145 cm³/mol. The highest BCUT2D eigenvalue weighted by Crippen LogP contribution is 2.48. The summed E-state index contributed by atoms with van der Waals surface area (Å²) in [4.78, 5) is 19.8. The molecule has 8 nitrogen and oxygen atoms in total. The summed E-state index contributed by atoms with van der Waals surface area (Å²) in [7, 11) is 1.88. The van der Waals surface area contributed by atoms with Crippen LogP contribution in [0.3, 0.4) is 0 Å². The lowest BCUT2D eigenvalue weighted by Crippen LogP contribution is -2.39. The molecule has 2 aliphatic rings. The van der Waals surface area contributed by atoms with Crippen LogP contribution in [0.1, 0.15) is 47.8 Å². The molecule has 0 spiro atoms. The topological polar surface area (TPSA) is 88.0 Å². The van der Waals surface area contributed by atoms with Crippen LogP contribution < -0.4 is 15.5 Å². The van der Waals surface area contributed by atoms with Crippen molar-refractivity contribution in [1.29, 1.82) is 0 Å². The Morgan fingerprint density at radius 1 is 1.18 bits per heavy atom. The molecular weight excluding hydrogens is 527 g/mol. The predicted octanol–water partition coefficient (Wildman–Crippen LogP) is 5.60. The molecule has 4 aromatic rings. The quantitative estimate of drug-likeness (QED) is 0.309. The Morgan fingerprint density at radius 3 is 2.74 bits per heavy atom. The minimum Gasteiger partial charge on any atom is -0.369 e. The number of fused-ring (bicyclic) bond motifs is 1. The number of nitrogens with zero attached hydrogens (tertiary/aromatic N) is 5. The highest BCUT2D eigenvalue weighted by Gasteiger charge is 2.39. The molecule has 0 radical (unpaired) electrons. The number of nitrogens with one attached hydrogen (secondary N) is 2. The minimum absolute atomic E-state index is 0.0754. The van der Waals surface area contributed by atoms with Crippen molar-refractivity contribution >= 4 is 39.5 Å². The third kappa shape index (κ3) is 5.10. The van der Waals surface area contributed by atoms with Crippen molar-refractivity contribution in [1.82, 2.24) is 25.1 Å². The zero-order chi connectivity index (χ0) is 27.1. The lowest BCUT2D eigenvalue weighted by molar-refractivity contribution is -0.136. The highest BCUT2D eigenvalue weighted by atomic mass is 32.1. The molecule has 2 N–H and O–H groups in total. The molecule has 0 bridgehead atoms. The maximum Gasteiger partial charge on any atom is 0.418 e. The minimum atomic E-state index is -4.53. The molecule has 1 aromatic carbocycles. The maximum absolute atomic E-state index is 14.4. The van der Waals surface area contributed by atoms with E-state index in [0.717, 1.165) is 37.8 Å². The summed E-state index contributed by atoms with van der Waals surface area (Å²) >= 11 is 1.29. The molecule has 4 heterocycles. The molecule has 39 heavy (non-hydrogen) atoms. The van der Waals surface area contributed by atoms with Gasteiger partial charge in [0.15, 0.2) is 0 Å². The molecule has 3 aromatic heterocycles. The van der Waals surface area contributed by atoms with Crippen molar-refractivity contribution in [3.05, 3.63) is 53.4 Å². The Morgan fingerprint density at radius 2 is 2.03 bits per heavy atom. The van der Waals surface area contributed by atoms with Gasteiger partial charge in [-0.2, -0.15) is 23.4 Å². The molecular formula is C27H28F3N7OS. The van der Waals surface area contributed by atoms with Crippen molar-refractivity contribution in [3.8, 4) is 10.6 Å². The summed E-state index contributed by atoms with van der Waals surface area (Å²) in [6.07, 6.45) is 3.41. The molecule has 6 rings (SSSR count). The number of amides is 1. The number of hydrogen-bond acceptors (Lipinski definition) is 7. The highest BCUT2D eigenvalue weighted by molar-refractivity contribution is 7.13. The van der Waals surface area contributed by atoms with E-state index in [1.54, 1.807) is 40.5 Å². The smallest absolute Gasteiger partial charge is 0.369 e. The fourth-order valence-electron chi connectivity index (χ4n) is 5.47. The summed E-state index contributed by atoms with van der Waals surface area (Å²) < 4.78 is 45.1.